The van der Waals surface area contributed by atoms with Gasteiger partial charge in [0, 0.05) is 28.9 Å². The Morgan fingerprint density at radius 3 is 2.64 bits per heavy atom. The molecule has 0 aliphatic carbocycles. The molecule has 0 atom stereocenters. The van der Waals surface area contributed by atoms with Crippen molar-refractivity contribution in [2.45, 2.75) is 11.3 Å². The van der Waals surface area contributed by atoms with Crippen LogP contribution in [0.2, 0.25) is 5.02 Å². The topological polar surface area (TPSA) is 79.3 Å². The average Bonchev–Trinajstić information content (AvgIpc) is 3.04. The molecule has 5 nitrogen and oxygen atoms in total. The molecule has 130 valence electrons. The number of sulfonamides is 1. The fraction of sp³-hybridized carbons (Fsp3) is 0.118. The number of nitrogens with one attached hydrogen (secondary N) is 1. The Kier molecular flexibility index (Phi) is 5.39. The first-order valence-corrected chi connectivity index (χ1v) is 10.2. The minimum Gasteiger partial charge on any atom is -0.508 e. The molecule has 0 bridgehead atoms. The first-order chi connectivity index (χ1) is 11.9. The molecule has 1 heterocycles. The molecule has 0 unspecified atom stereocenters. The first kappa shape index (κ1) is 17.9. The lowest BCUT2D eigenvalue weighted by atomic mass is 10.2. The summed E-state index contributed by atoms with van der Waals surface area (Å²) in [6.45, 7) is 0.247. The van der Waals surface area contributed by atoms with Crippen LogP contribution in [0.1, 0.15) is 5.01 Å². The van der Waals surface area contributed by atoms with Gasteiger partial charge in [0.15, 0.2) is 0 Å². The van der Waals surface area contributed by atoms with Crippen molar-refractivity contribution in [2.24, 2.45) is 0 Å². The highest BCUT2D eigenvalue weighted by Gasteiger charge is 2.14. The Bertz CT molecular complexity index is 970. The van der Waals surface area contributed by atoms with E-state index in [-0.39, 0.29) is 17.2 Å². The quantitative estimate of drug-likeness (QED) is 0.668. The lowest BCUT2D eigenvalue weighted by Crippen LogP contribution is -2.25. The van der Waals surface area contributed by atoms with Gasteiger partial charge in [-0.2, -0.15) is 0 Å². The maximum Gasteiger partial charge on any atom is 0.240 e. The molecule has 0 amide bonds. The van der Waals surface area contributed by atoms with E-state index in [1.54, 1.807) is 36.4 Å². The van der Waals surface area contributed by atoms with Crippen LogP contribution in [0.5, 0.6) is 5.75 Å². The zero-order valence-corrected chi connectivity index (χ0v) is 15.4. The van der Waals surface area contributed by atoms with Crippen molar-refractivity contribution >= 4 is 33.0 Å². The van der Waals surface area contributed by atoms with Gasteiger partial charge in [-0.15, -0.1) is 11.3 Å². The molecule has 0 saturated heterocycles. The number of benzene rings is 2. The molecule has 3 aromatic rings. The normalized spacial score (nSPS) is 11.6. The molecule has 2 aromatic carbocycles. The van der Waals surface area contributed by atoms with Crippen LogP contribution < -0.4 is 4.72 Å². The molecule has 8 heteroatoms. The van der Waals surface area contributed by atoms with Crippen LogP contribution in [-0.2, 0) is 16.4 Å². The van der Waals surface area contributed by atoms with Crippen LogP contribution in [0.25, 0.3) is 11.3 Å². The largest absolute Gasteiger partial charge is 0.508 e. The predicted octanol–water partition coefficient (Wildman–Crippen LogP) is 3.69. The maximum absolute atomic E-state index is 12.2. The number of thiazole rings is 1. The van der Waals surface area contributed by atoms with E-state index in [9.17, 15) is 13.5 Å². The molecule has 3 rings (SSSR count). The number of phenolic OH excluding ortho intramolecular Hbond substituents is 1. The summed E-state index contributed by atoms with van der Waals surface area (Å²) in [6, 6.07) is 12.9. The molecule has 0 aliphatic rings. The van der Waals surface area contributed by atoms with E-state index in [1.165, 1.54) is 23.5 Å². The number of hydrogen-bond acceptors (Lipinski definition) is 5. The smallest absolute Gasteiger partial charge is 0.240 e. The van der Waals surface area contributed by atoms with E-state index in [0.717, 1.165) is 16.3 Å². The molecule has 0 radical (unpaired) electrons. The Morgan fingerprint density at radius 2 is 1.92 bits per heavy atom. The number of halogens is 1. The second kappa shape index (κ2) is 7.53. The van der Waals surface area contributed by atoms with Crippen LogP contribution in [-0.4, -0.2) is 25.1 Å². The Balaban J connectivity index is 1.62. The van der Waals surface area contributed by atoms with Crippen LogP contribution in [0.15, 0.2) is 58.8 Å². The maximum atomic E-state index is 12.2. The van der Waals surface area contributed by atoms with Crippen LogP contribution in [0, 0.1) is 0 Å². The number of hydrogen-bond donors (Lipinski definition) is 2. The van der Waals surface area contributed by atoms with Crippen LogP contribution in [0.4, 0.5) is 0 Å². The van der Waals surface area contributed by atoms with Gasteiger partial charge in [-0.1, -0.05) is 17.7 Å². The summed E-state index contributed by atoms with van der Waals surface area (Å²) in [6.07, 6.45) is 0.489. The van der Waals surface area contributed by atoms with Crippen molar-refractivity contribution in [1.29, 1.82) is 0 Å². The number of aromatic nitrogens is 1. The number of phenols is 1. The Labute approximate surface area is 155 Å². The third-order valence-corrected chi connectivity index (χ3v) is 6.05. The van der Waals surface area contributed by atoms with E-state index in [0.29, 0.717) is 11.4 Å². The van der Waals surface area contributed by atoms with Gasteiger partial charge in [-0.3, -0.25) is 0 Å². The van der Waals surface area contributed by atoms with Crippen molar-refractivity contribution in [2.75, 3.05) is 6.54 Å². The fourth-order valence-electron chi connectivity index (χ4n) is 2.20. The van der Waals surface area contributed by atoms with Crippen molar-refractivity contribution < 1.29 is 13.5 Å². The third-order valence-electron chi connectivity index (χ3n) is 3.45. The number of nitrogens with zero attached hydrogens (tertiary/aromatic N) is 1. The van der Waals surface area contributed by atoms with Gasteiger partial charge in [-0.05, 0) is 42.5 Å². The van der Waals surface area contributed by atoms with Crippen LogP contribution >= 0.6 is 22.9 Å². The number of aromatic hydroxyl groups is 1. The van der Waals surface area contributed by atoms with E-state index < -0.39 is 10.0 Å². The lowest BCUT2D eigenvalue weighted by Gasteiger charge is -2.06. The summed E-state index contributed by atoms with van der Waals surface area (Å²) in [7, 11) is -3.59. The minimum atomic E-state index is -3.59. The second-order valence-corrected chi connectivity index (χ2v) is 8.42. The Morgan fingerprint density at radius 1 is 1.16 bits per heavy atom. The summed E-state index contributed by atoms with van der Waals surface area (Å²) in [5.74, 6) is 0.203. The van der Waals surface area contributed by atoms with Gasteiger partial charge in [-0.25, -0.2) is 18.1 Å². The zero-order valence-electron chi connectivity index (χ0n) is 13.0. The molecule has 25 heavy (non-hydrogen) atoms. The summed E-state index contributed by atoms with van der Waals surface area (Å²) in [5, 5.41) is 12.4. The number of rotatable bonds is 6. The monoisotopic (exact) mass is 394 g/mol. The highest BCUT2D eigenvalue weighted by Crippen LogP contribution is 2.24. The van der Waals surface area contributed by atoms with Gasteiger partial charge in [0.2, 0.25) is 10.0 Å². The SMILES string of the molecule is O=S(=O)(NCCc1nc(-c2ccc(O)cc2)cs1)c1cccc(Cl)c1. The summed E-state index contributed by atoms with van der Waals surface area (Å²) in [5.41, 5.74) is 1.71. The third kappa shape index (κ3) is 4.58. The molecule has 0 saturated carbocycles. The Hall–Kier alpha value is -1.93. The van der Waals surface area contributed by atoms with Gasteiger partial charge in [0.05, 0.1) is 15.6 Å². The van der Waals surface area contributed by atoms with E-state index in [4.69, 9.17) is 11.6 Å². The molecule has 0 fully saturated rings. The van der Waals surface area contributed by atoms with Gasteiger partial charge in [0.25, 0.3) is 0 Å². The lowest BCUT2D eigenvalue weighted by molar-refractivity contribution is 0.475. The summed E-state index contributed by atoms with van der Waals surface area (Å²) in [4.78, 5) is 4.64. The molecule has 2 N–H and O–H groups in total. The van der Waals surface area contributed by atoms with Crippen molar-refractivity contribution in [3.05, 3.63) is 63.9 Å². The minimum absolute atomic E-state index is 0.143. The van der Waals surface area contributed by atoms with E-state index in [1.807, 2.05) is 5.38 Å². The van der Waals surface area contributed by atoms with Crippen LogP contribution in [0.3, 0.4) is 0 Å². The highest BCUT2D eigenvalue weighted by atomic mass is 35.5. The zero-order chi connectivity index (χ0) is 17.9. The predicted molar refractivity (Wildman–Crippen MR) is 99.6 cm³/mol. The fourth-order valence-corrected chi connectivity index (χ4v) is 4.34. The second-order valence-electron chi connectivity index (χ2n) is 5.28. The summed E-state index contributed by atoms with van der Waals surface area (Å²) >= 11 is 7.30. The summed E-state index contributed by atoms with van der Waals surface area (Å²) < 4.78 is 27.0. The van der Waals surface area contributed by atoms with E-state index in [2.05, 4.69) is 9.71 Å². The first-order valence-electron chi connectivity index (χ1n) is 7.43. The van der Waals surface area contributed by atoms with Crippen molar-refractivity contribution in [3.8, 4) is 17.0 Å². The van der Waals surface area contributed by atoms with Crippen molar-refractivity contribution in [1.82, 2.24) is 9.71 Å². The van der Waals surface area contributed by atoms with Gasteiger partial charge < -0.3 is 5.11 Å². The molecular formula is C17H15ClN2O3S2. The van der Waals surface area contributed by atoms with Gasteiger partial charge >= 0.3 is 0 Å². The average molecular weight is 395 g/mol. The van der Waals surface area contributed by atoms with Crippen molar-refractivity contribution in [3.63, 3.8) is 0 Å². The molecular weight excluding hydrogens is 380 g/mol. The molecule has 0 spiro atoms. The molecule has 0 aliphatic heterocycles. The highest BCUT2D eigenvalue weighted by molar-refractivity contribution is 7.89. The standard InChI is InChI=1S/C17H15ClN2O3S2/c18-13-2-1-3-15(10-13)25(22,23)19-9-8-17-20-16(11-24-17)12-4-6-14(21)7-5-12/h1-7,10-11,19,21H,8-9H2. The molecule has 1 aromatic heterocycles. The van der Waals surface area contributed by atoms with Gasteiger partial charge in [0.1, 0.15) is 5.75 Å². The van der Waals surface area contributed by atoms with E-state index >= 15 is 0 Å².